The van der Waals surface area contributed by atoms with Crippen molar-refractivity contribution >= 4 is 23.0 Å². The van der Waals surface area contributed by atoms with E-state index in [2.05, 4.69) is 5.32 Å². The molecular formula is C11H13ClN2O3. The molecule has 0 atom stereocenters. The Bertz CT molecular complexity index is 433. The third kappa shape index (κ3) is 2.68. The number of nitro benzene ring substituents is 1. The molecule has 92 valence electrons. The average Bonchev–Trinajstić information content (AvgIpc) is 2.24. The van der Waals surface area contributed by atoms with Gasteiger partial charge in [0.1, 0.15) is 5.02 Å². The minimum atomic E-state index is -0.480. The maximum atomic E-state index is 10.7. The fraction of sp³-hybridized carbons (Fsp3) is 0.455. The van der Waals surface area contributed by atoms with Crippen LogP contribution in [0.25, 0.3) is 0 Å². The van der Waals surface area contributed by atoms with Gasteiger partial charge in [0.25, 0.3) is 5.69 Å². The summed E-state index contributed by atoms with van der Waals surface area (Å²) in [5, 5.41) is 14.1. The highest BCUT2D eigenvalue weighted by molar-refractivity contribution is 6.32. The Balaban J connectivity index is 2.02. The lowest BCUT2D eigenvalue weighted by atomic mass is 9.89. The molecule has 0 radical (unpaired) electrons. The highest BCUT2D eigenvalue weighted by Crippen LogP contribution is 2.30. The standard InChI is InChI=1S/C11H13ClN2O3/c1-17-9-4-8(5-9)13-7-2-3-10(12)11(6-7)14(15)16/h2-3,6,8-9,13H,4-5H2,1H3. The largest absolute Gasteiger partial charge is 0.382 e. The number of anilines is 1. The number of nitro groups is 1. The van der Waals surface area contributed by atoms with Crippen LogP contribution in [0.5, 0.6) is 0 Å². The molecule has 17 heavy (non-hydrogen) atoms. The van der Waals surface area contributed by atoms with Gasteiger partial charge in [-0.05, 0) is 25.0 Å². The first kappa shape index (κ1) is 12.1. The summed E-state index contributed by atoms with van der Waals surface area (Å²) in [5.74, 6) is 0. The van der Waals surface area contributed by atoms with Crippen LogP contribution in [0, 0.1) is 10.1 Å². The first-order valence-electron chi connectivity index (χ1n) is 5.33. The highest BCUT2D eigenvalue weighted by atomic mass is 35.5. The zero-order chi connectivity index (χ0) is 12.4. The van der Waals surface area contributed by atoms with E-state index in [4.69, 9.17) is 16.3 Å². The van der Waals surface area contributed by atoms with Gasteiger partial charge in [0.15, 0.2) is 0 Å². The fourth-order valence-electron chi connectivity index (χ4n) is 1.85. The molecule has 2 rings (SSSR count). The molecule has 0 aliphatic heterocycles. The highest BCUT2D eigenvalue weighted by Gasteiger charge is 2.29. The van der Waals surface area contributed by atoms with Crippen molar-refractivity contribution < 1.29 is 9.66 Å². The Labute approximate surface area is 104 Å². The van der Waals surface area contributed by atoms with Crippen molar-refractivity contribution in [2.45, 2.75) is 25.0 Å². The summed E-state index contributed by atoms with van der Waals surface area (Å²) in [7, 11) is 1.69. The van der Waals surface area contributed by atoms with Gasteiger partial charge in [-0.3, -0.25) is 10.1 Å². The molecule has 1 aromatic carbocycles. The summed E-state index contributed by atoms with van der Waals surface area (Å²) in [6.45, 7) is 0. The topological polar surface area (TPSA) is 64.4 Å². The van der Waals surface area contributed by atoms with Gasteiger partial charge in [-0.2, -0.15) is 0 Å². The molecule has 0 amide bonds. The van der Waals surface area contributed by atoms with E-state index in [0.717, 1.165) is 18.5 Å². The number of ether oxygens (including phenoxy) is 1. The number of halogens is 1. The molecule has 0 bridgehead atoms. The van der Waals surface area contributed by atoms with Crippen LogP contribution in [0.3, 0.4) is 0 Å². The molecule has 1 aliphatic carbocycles. The van der Waals surface area contributed by atoms with Gasteiger partial charge in [0.05, 0.1) is 11.0 Å². The third-order valence-corrected chi connectivity index (χ3v) is 3.26. The maximum Gasteiger partial charge on any atom is 0.289 e. The molecule has 0 aromatic heterocycles. The number of rotatable bonds is 4. The van der Waals surface area contributed by atoms with Crippen LogP contribution >= 0.6 is 11.6 Å². The molecule has 1 saturated carbocycles. The van der Waals surface area contributed by atoms with Gasteiger partial charge in [-0.25, -0.2) is 0 Å². The molecule has 0 saturated heterocycles. The van der Waals surface area contributed by atoms with Crippen molar-refractivity contribution in [3.8, 4) is 0 Å². The fourth-order valence-corrected chi connectivity index (χ4v) is 2.04. The average molecular weight is 257 g/mol. The third-order valence-electron chi connectivity index (χ3n) is 2.94. The molecule has 0 heterocycles. The molecule has 1 aromatic rings. The summed E-state index contributed by atoms with van der Waals surface area (Å²) >= 11 is 5.73. The monoisotopic (exact) mass is 256 g/mol. The van der Waals surface area contributed by atoms with Crippen LogP contribution in [0.1, 0.15) is 12.8 Å². The second kappa shape index (κ2) is 4.89. The van der Waals surface area contributed by atoms with Crippen LogP contribution in [-0.2, 0) is 4.74 Å². The summed E-state index contributed by atoms with van der Waals surface area (Å²) in [5.41, 5.74) is 0.653. The molecule has 5 nitrogen and oxygen atoms in total. The lowest BCUT2D eigenvalue weighted by molar-refractivity contribution is -0.384. The van der Waals surface area contributed by atoms with E-state index in [1.165, 1.54) is 12.1 Å². The summed E-state index contributed by atoms with van der Waals surface area (Å²) < 4.78 is 5.17. The zero-order valence-electron chi connectivity index (χ0n) is 9.35. The van der Waals surface area contributed by atoms with Gasteiger partial charge in [0.2, 0.25) is 0 Å². The first-order chi connectivity index (χ1) is 8.10. The lowest BCUT2D eigenvalue weighted by Gasteiger charge is -2.35. The summed E-state index contributed by atoms with van der Waals surface area (Å²) in [6.07, 6.45) is 2.15. The lowest BCUT2D eigenvalue weighted by Crippen LogP contribution is -2.40. The van der Waals surface area contributed by atoms with Gasteiger partial charge in [0, 0.05) is 24.9 Å². The normalized spacial score (nSPS) is 22.9. The first-order valence-corrected chi connectivity index (χ1v) is 5.71. The van der Waals surface area contributed by atoms with Crippen LogP contribution in [0.4, 0.5) is 11.4 Å². The summed E-state index contributed by atoms with van der Waals surface area (Å²) in [6, 6.07) is 5.06. The quantitative estimate of drug-likeness (QED) is 0.665. The molecule has 0 spiro atoms. The Morgan fingerprint density at radius 2 is 2.24 bits per heavy atom. The minimum absolute atomic E-state index is 0.0701. The van der Waals surface area contributed by atoms with Crippen molar-refractivity contribution in [3.63, 3.8) is 0 Å². The van der Waals surface area contributed by atoms with Gasteiger partial charge < -0.3 is 10.1 Å². The second-order valence-electron chi connectivity index (χ2n) is 4.09. The molecule has 1 fully saturated rings. The number of benzene rings is 1. The number of hydrogen-bond donors (Lipinski definition) is 1. The Morgan fingerprint density at radius 3 is 2.82 bits per heavy atom. The van der Waals surface area contributed by atoms with Crippen molar-refractivity contribution in [1.82, 2.24) is 0 Å². The van der Waals surface area contributed by atoms with E-state index < -0.39 is 4.92 Å². The van der Waals surface area contributed by atoms with Gasteiger partial charge in [-0.15, -0.1) is 0 Å². The molecular weight excluding hydrogens is 244 g/mol. The van der Waals surface area contributed by atoms with E-state index in [-0.39, 0.29) is 10.7 Å². The number of methoxy groups -OCH3 is 1. The summed E-state index contributed by atoms with van der Waals surface area (Å²) in [4.78, 5) is 10.2. The second-order valence-corrected chi connectivity index (χ2v) is 4.50. The van der Waals surface area contributed by atoms with E-state index in [1.54, 1.807) is 13.2 Å². The van der Waals surface area contributed by atoms with Crippen LogP contribution in [0.2, 0.25) is 5.02 Å². The van der Waals surface area contributed by atoms with Gasteiger partial charge in [-0.1, -0.05) is 11.6 Å². The van der Waals surface area contributed by atoms with E-state index >= 15 is 0 Å². The van der Waals surface area contributed by atoms with Crippen molar-refractivity contribution in [2.24, 2.45) is 0 Å². The number of nitrogens with one attached hydrogen (secondary N) is 1. The number of hydrogen-bond acceptors (Lipinski definition) is 4. The molecule has 6 heteroatoms. The predicted molar refractivity (Wildman–Crippen MR) is 65.5 cm³/mol. The Hall–Kier alpha value is -1.33. The molecule has 1 aliphatic rings. The van der Waals surface area contributed by atoms with Crippen molar-refractivity contribution in [1.29, 1.82) is 0 Å². The van der Waals surface area contributed by atoms with E-state index in [9.17, 15) is 10.1 Å². The maximum absolute atomic E-state index is 10.7. The van der Waals surface area contributed by atoms with E-state index in [0.29, 0.717) is 12.1 Å². The molecule has 0 unspecified atom stereocenters. The van der Waals surface area contributed by atoms with Crippen LogP contribution in [0.15, 0.2) is 18.2 Å². The molecule has 1 N–H and O–H groups in total. The Kier molecular flexibility index (Phi) is 3.49. The minimum Gasteiger partial charge on any atom is -0.382 e. The van der Waals surface area contributed by atoms with Crippen molar-refractivity contribution in [2.75, 3.05) is 12.4 Å². The SMILES string of the molecule is COC1CC(Nc2ccc(Cl)c([N+](=O)[O-])c2)C1. The van der Waals surface area contributed by atoms with Gasteiger partial charge >= 0.3 is 0 Å². The number of nitrogens with zero attached hydrogens (tertiary/aromatic N) is 1. The predicted octanol–water partition coefficient (Wildman–Crippen LogP) is 2.84. The smallest absolute Gasteiger partial charge is 0.289 e. The van der Waals surface area contributed by atoms with Crippen LogP contribution < -0.4 is 5.32 Å². The zero-order valence-corrected chi connectivity index (χ0v) is 10.1. The van der Waals surface area contributed by atoms with Crippen LogP contribution in [-0.4, -0.2) is 24.2 Å². The van der Waals surface area contributed by atoms with Crippen molar-refractivity contribution in [3.05, 3.63) is 33.3 Å². The Morgan fingerprint density at radius 1 is 1.53 bits per heavy atom. The van der Waals surface area contributed by atoms with E-state index in [1.807, 2.05) is 0 Å².